The lowest BCUT2D eigenvalue weighted by Gasteiger charge is -2.02. The van der Waals surface area contributed by atoms with Gasteiger partial charge in [-0.2, -0.15) is 31.1 Å². The minimum atomic E-state index is 0.906. The van der Waals surface area contributed by atoms with Crippen LogP contribution in [0.2, 0.25) is 0 Å². The molecule has 23 aromatic rings. The van der Waals surface area contributed by atoms with Crippen LogP contribution in [0.3, 0.4) is 0 Å². The van der Waals surface area contributed by atoms with Crippen LogP contribution >= 0.6 is 0 Å². The van der Waals surface area contributed by atoms with E-state index < -0.39 is 0 Å². The van der Waals surface area contributed by atoms with Gasteiger partial charge in [-0.05, 0) is 72.8 Å². The molecule has 6 aromatic carbocycles. The fourth-order valence-electron chi connectivity index (χ4n) is 19.7. The molecule has 0 bridgehead atoms. The number of pyridine rings is 12. The normalized spacial score (nSPS) is 13.1. The van der Waals surface area contributed by atoms with Crippen molar-refractivity contribution < 1.29 is 45.3 Å². The summed E-state index contributed by atoms with van der Waals surface area (Å²) in [4.78, 5) is 9.33. The highest BCUT2D eigenvalue weighted by molar-refractivity contribution is 6.13. The molecule has 0 N–H and O–H groups in total. The van der Waals surface area contributed by atoms with Crippen LogP contribution in [0.5, 0.6) is 0 Å². The number of rotatable bonds is 2. The van der Waals surface area contributed by atoms with Gasteiger partial charge in [0.05, 0.1) is 16.2 Å². The average molecular weight is 1440 g/mol. The summed E-state index contributed by atoms with van der Waals surface area (Å²) >= 11 is 0. The number of nitrogens with zero attached hydrogens (tertiary/aromatic N) is 17. The zero-order valence-electron chi connectivity index (χ0n) is 61.9. The van der Waals surface area contributed by atoms with Crippen LogP contribution in [-0.2, 0) is 68.0 Å². The molecule has 0 aliphatic carbocycles. The van der Waals surface area contributed by atoms with Crippen molar-refractivity contribution in [1.29, 1.82) is 0 Å². The largest absolute Gasteiger partial charge is 0.302 e. The number of benzene rings is 6. The Kier molecular flexibility index (Phi) is 12.7. The van der Waals surface area contributed by atoms with Crippen LogP contribution in [0.1, 0.15) is 27.8 Å². The molecule has 0 atom stereocenters. The molecular formula is C94H73N17+10. The van der Waals surface area contributed by atoms with E-state index in [0.29, 0.717) is 0 Å². The van der Waals surface area contributed by atoms with Gasteiger partial charge in [0.25, 0.3) is 11.0 Å². The number of hydrogen-bond donors (Lipinski definition) is 0. The van der Waals surface area contributed by atoms with Crippen LogP contribution in [0.25, 0.3) is 171 Å². The van der Waals surface area contributed by atoms with Gasteiger partial charge in [0.15, 0.2) is 75.5 Å². The Balaban J connectivity index is 0.0000000812. The van der Waals surface area contributed by atoms with Crippen LogP contribution in [-0.4, -0.2) is 32.3 Å². The number of aromatic nitrogens is 17. The second-order valence-electron chi connectivity index (χ2n) is 30.5. The van der Waals surface area contributed by atoms with E-state index >= 15 is 0 Å². The molecular weight excluding hydrogens is 1370 g/mol. The molecule has 0 amide bonds. The fraction of sp³-hybridized carbons (Fsp3) is 0.106. The molecule has 17 nitrogen and oxygen atoms in total. The summed E-state index contributed by atoms with van der Waals surface area (Å²) in [6.07, 6.45) is 27.8. The highest BCUT2D eigenvalue weighted by Crippen LogP contribution is 2.40. The summed E-state index contributed by atoms with van der Waals surface area (Å²) in [5, 5.41) is 10.8. The van der Waals surface area contributed by atoms with Crippen LogP contribution in [0.4, 0.5) is 0 Å². The van der Waals surface area contributed by atoms with Gasteiger partial charge in [-0.25, -0.2) is 46.5 Å². The number of hydrogen-bond acceptors (Lipinski definition) is 2. The standard InChI is InChI=1S/C22H17N3.C21H16N4.C20H15N3.C16H13N3.C15H12N4/c1-23-12-11-16-13-24-19(15-7-3-2-4-8-15)14-25-18-10-6-5-9-17(18)21(23)20(16)22(24)25;1-23-11-9-15-12-24-17(14-6-3-2-4-7-14)13-25-16-8-5-10-22-19(16)20(23)18(15)21(24)25;1-21-11-10-13-12-22-16-8-4-5-9-17(16)23-15-7-3-2-6-14(15)19(21)18(13)20(22)23;1-17-7-6-11-10-18-8-9-19-13-5-3-2-4-12(13)15(17)14(11)16(18)19;1-17-6-4-10-9-18-7-8-19-11-3-2-5-16-13(11)14(17)12(10)15(18)19/h2-12,14H,13H2,1H3;2-11,13H,12H2,1H3;2-11H,12H2,1H3;2-9H,10H2,1H3;2-8H,9H2,1H3/q5*+2. The van der Waals surface area contributed by atoms with Gasteiger partial charge in [0.2, 0.25) is 16.6 Å². The van der Waals surface area contributed by atoms with Gasteiger partial charge in [0.1, 0.15) is 149 Å². The Morgan fingerprint density at radius 1 is 0.306 bits per heavy atom. The van der Waals surface area contributed by atoms with Gasteiger partial charge in [-0.1, -0.05) is 109 Å². The first-order valence-electron chi connectivity index (χ1n) is 38.2. The lowest BCUT2D eigenvalue weighted by atomic mass is 10.1. The van der Waals surface area contributed by atoms with Crippen LogP contribution in [0.15, 0.2) is 293 Å². The summed E-state index contributed by atoms with van der Waals surface area (Å²) in [6.45, 7) is 4.74. The molecule has 17 heteroatoms. The highest BCUT2D eigenvalue weighted by atomic mass is 15.2. The van der Waals surface area contributed by atoms with Gasteiger partial charge < -0.3 is 0 Å². The zero-order chi connectivity index (χ0) is 73.3. The third kappa shape index (κ3) is 8.48. The van der Waals surface area contributed by atoms with Crippen LogP contribution in [0, 0.1) is 0 Å². The number of para-hydroxylation sites is 5. The Morgan fingerprint density at radius 3 is 1.32 bits per heavy atom. The molecule has 28 rings (SSSR count). The lowest BCUT2D eigenvalue weighted by molar-refractivity contribution is -0.657. The average Bonchev–Trinajstić information content (AvgIpc) is 1.55. The molecule has 0 saturated heterocycles. The Bertz CT molecular complexity index is 7750. The molecule has 5 aliphatic rings. The highest BCUT2D eigenvalue weighted by Gasteiger charge is 2.40. The zero-order valence-corrected chi connectivity index (χ0v) is 61.9. The van der Waals surface area contributed by atoms with Crippen molar-refractivity contribution in [2.45, 2.75) is 32.7 Å². The molecule has 111 heavy (non-hydrogen) atoms. The van der Waals surface area contributed by atoms with E-state index in [9.17, 15) is 0 Å². The van der Waals surface area contributed by atoms with Gasteiger partial charge >= 0.3 is 28.2 Å². The summed E-state index contributed by atoms with van der Waals surface area (Å²) in [7, 11) is 10.6. The SMILES string of the molecule is C[n+]1ccc2c3c1c1ccccc1[n+]1cc(-c4ccccc4)n(c31)C2.C[n+]1ccc2c3c1c1ccccc1n1c4ccccc4[n+](c31)C2.C[n+]1ccc2c3c1c1ccccc1n1cc[n+](c31)C2.C[n+]1ccc2c3c1c1ncccc1[n+]1cc(-c4ccccc4)n(c31)C2.C[n+]1ccc2c3c1c1ncccc1n1cc[n+](c31)C2. The van der Waals surface area contributed by atoms with Crippen LogP contribution < -0.4 is 45.3 Å². The molecule has 5 aliphatic heterocycles. The topological polar surface area (TPSA) is 88.1 Å². The van der Waals surface area contributed by atoms with E-state index in [1.165, 1.54) is 182 Å². The lowest BCUT2D eigenvalue weighted by Crippen LogP contribution is -2.31. The van der Waals surface area contributed by atoms with Crippen molar-refractivity contribution >= 4 is 149 Å². The van der Waals surface area contributed by atoms with E-state index in [1.54, 1.807) is 0 Å². The molecule has 524 valence electrons. The quantitative estimate of drug-likeness (QED) is 0.127. The monoisotopic (exact) mass is 1440 g/mol. The van der Waals surface area contributed by atoms with Crippen molar-refractivity contribution in [2.24, 2.45) is 35.2 Å². The van der Waals surface area contributed by atoms with Gasteiger partial charge in [-0.15, -0.1) is 0 Å². The molecule has 0 saturated carbocycles. The van der Waals surface area contributed by atoms with E-state index in [4.69, 9.17) is 4.98 Å². The van der Waals surface area contributed by atoms with Crippen molar-refractivity contribution in [3.63, 3.8) is 0 Å². The van der Waals surface area contributed by atoms with Crippen molar-refractivity contribution in [3.8, 4) is 22.5 Å². The summed E-state index contributed by atoms with van der Waals surface area (Å²) in [5.74, 6) is 0. The Labute approximate surface area is 633 Å². The van der Waals surface area contributed by atoms with Gasteiger partial charge in [0, 0.05) is 81.7 Å². The first kappa shape index (κ1) is 61.8. The first-order valence-corrected chi connectivity index (χ1v) is 38.2. The Hall–Kier alpha value is -14.3. The maximum absolute atomic E-state index is 4.72. The third-order valence-corrected chi connectivity index (χ3v) is 24.5. The second-order valence-corrected chi connectivity index (χ2v) is 30.5. The minimum Gasteiger partial charge on any atom is -0.246 e. The van der Waals surface area contributed by atoms with Crippen molar-refractivity contribution in [2.75, 3.05) is 0 Å². The molecule has 0 spiro atoms. The van der Waals surface area contributed by atoms with E-state index in [0.717, 1.165) is 49.3 Å². The number of imidazole rings is 5. The summed E-state index contributed by atoms with van der Waals surface area (Å²) in [5.41, 5.74) is 35.8. The third-order valence-electron chi connectivity index (χ3n) is 24.5. The van der Waals surface area contributed by atoms with Crippen molar-refractivity contribution in [3.05, 3.63) is 321 Å². The molecule has 22 heterocycles. The number of fused-ring (bicyclic) bond motifs is 18. The van der Waals surface area contributed by atoms with Gasteiger partial charge in [-0.3, -0.25) is 0 Å². The smallest absolute Gasteiger partial charge is 0.246 e. The predicted octanol–water partition coefficient (Wildman–Crippen LogP) is 11.9. The molecule has 0 unspecified atom stereocenters. The maximum Gasteiger partial charge on any atom is 0.302 e. The minimum absolute atomic E-state index is 0.906. The molecule has 17 aromatic heterocycles. The van der Waals surface area contributed by atoms with Crippen molar-refractivity contribution in [1.82, 2.24) is 32.3 Å². The molecule has 0 fully saturated rings. The second kappa shape index (κ2) is 22.9. The summed E-state index contributed by atoms with van der Waals surface area (Å²) in [6, 6.07) is 75.7. The fourth-order valence-corrected chi connectivity index (χ4v) is 19.7. The Morgan fingerprint density at radius 2 is 0.712 bits per heavy atom. The van der Waals surface area contributed by atoms with E-state index in [-0.39, 0.29) is 0 Å². The van der Waals surface area contributed by atoms with E-state index in [1.807, 2.05) is 24.5 Å². The number of aryl methyl sites for hydroxylation is 5. The molecule has 0 radical (unpaired) electrons. The maximum atomic E-state index is 4.72. The summed E-state index contributed by atoms with van der Waals surface area (Å²) < 4.78 is 34.8. The first-order chi connectivity index (χ1) is 54.7. The van der Waals surface area contributed by atoms with E-state index in [2.05, 4.69) is 376 Å². The predicted molar refractivity (Wildman–Crippen MR) is 428 cm³/mol.